The molecule has 0 saturated carbocycles. The maximum atomic E-state index is 13.3. The van der Waals surface area contributed by atoms with Crippen molar-refractivity contribution in [2.45, 2.75) is 52.2 Å². The average molecular weight is 436 g/mol. The fourth-order valence-corrected chi connectivity index (χ4v) is 5.30. The topological polar surface area (TPSA) is 72.9 Å². The van der Waals surface area contributed by atoms with Gasteiger partial charge >= 0.3 is 5.97 Å². The molecule has 6 nitrogen and oxygen atoms in total. The maximum Gasteiger partial charge on any atom is 0.335 e. The number of hydrogen-bond acceptors (Lipinski definition) is 4. The Morgan fingerprint density at radius 2 is 1.97 bits per heavy atom. The number of nitrogens with one attached hydrogen (secondary N) is 1. The Hall–Kier alpha value is -2.86. The van der Waals surface area contributed by atoms with Crippen LogP contribution in [0.1, 0.15) is 71.5 Å². The van der Waals surface area contributed by atoms with E-state index in [0.29, 0.717) is 11.1 Å². The lowest BCUT2D eigenvalue weighted by atomic mass is 9.72. The Kier molecular flexibility index (Phi) is 5.99. The second kappa shape index (κ2) is 8.58. The summed E-state index contributed by atoms with van der Waals surface area (Å²) in [5.74, 6) is -0.857. The van der Waals surface area contributed by atoms with Crippen LogP contribution in [-0.4, -0.2) is 53.1 Å². The third-order valence-corrected chi connectivity index (χ3v) is 7.05. The summed E-state index contributed by atoms with van der Waals surface area (Å²) in [6, 6.07) is 13.2. The Balaban J connectivity index is 1.60. The Labute approximate surface area is 190 Å². The monoisotopic (exact) mass is 435 g/mol. The number of carboxylic acids is 1. The van der Waals surface area contributed by atoms with Crippen LogP contribution >= 0.6 is 0 Å². The van der Waals surface area contributed by atoms with E-state index in [9.17, 15) is 14.7 Å². The summed E-state index contributed by atoms with van der Waals surface area (Å²) in [5.41, 5.74) is 3.90. The van der Waals surface area contributed by atoms with Crippen molar-refractivity contribution in [3.05, 3.63) is 64.7 Å². The molecule has 2 N–H and O–H groups in total. The first-order chi connectivity index (χ1) is 15.2. The molecular formula is C26H33N3O3. The van der Waals surface area contributed by atoms with Crippen LogP contribution < -0.4 is 5.32 Å². The minimum absolute atomic E-state index is 0.0161. The van der Waals surface area contributed by atoms with Crippen LogP contribution in [0.3, 0.4) is 0 Å². The van der Waals surface area contributed by atoms with E-state index in [2.05, 4.69) is 37.1 Å². The molecule has 1 amide bonds. The fourth-order valence-electron chi connectivity index (χ4n) is 5.30. The highest BCUT2D eigenvalue weighted by Gasteiger charge is 2.37. The van der Waals surface area contributed by atoms with Gasteiger partial charge in [0, 0.05) is 24.8 Å². The molecule has 0 aromatic heterocycles. The summed E-state index contributed by atoms with van der Waals surface area (Å²) in [4.78, 5) is 28.9. The van der Waals surface area contributed by atoms with E-state index in [4.69, 9.17) is 0 Å². The molecule has 2 aliphatic heterocycles. The molecule has 1 saturated heterocycles. The minimum Gasteiger partial charge on any atom is -0.478 e. The number of carbonyl (C=O) groups excluding carboxylic acids is 1. The molecule has 170 valence electrons. The zero-order valence-corrected chi connectivity index (χ0v) is 19.4. The fraction of sp³-hybridized carbons (Fsp3) is 0.462. The zero-order chi connectivity index (χ0) is 23.0. The number of benzene rings is 2. The van der Waals surface area contributed by atoms with Crippen molar-refractivity contribution in [1.29, 1.82) is 0 Å². The van der Waals surface area contributed by atoms with Gasteiger partial charge in [0.15, 0.2) is 0 Å². The molecular weight excluding hydrogens is 402 g/mol. The van der Waals surface area contributed by atoms with Gasteiger partial charge in [-0.25, -0.2) is 4.79 Å². The third-order valence-electron chi connectivity index (χ3n) is 7.05. The number of fused-ring (bicyclic) bond motifs is 1. The highest BCUT2D eigenvalue weighted by atomic mass is 16.4. The highest BCUT2D eigenvalue weighted by molar-refractivity contribution is 5.94. The normalized spacial score (nSPS) is 22.1. The van der Waals surface area contributed by atoms with E-state index >= 15 is 0 Å². The van der Waals surface area contributed by atoms with E-state index in [1.807, 2.05) is 36.2 Å². The number of carboxylic acid groups (broad SMARTS) is 1. The van der Waals surface area contributed by atoms with Gasteiger partial charge in [0.25, 0.3) is 5.91 Å². The van der Waals surface area contributed by atoms with Gasteiger partial charge in [-0.15, -0.1) is 0 Å². The molecule has 2 aliphatic rings. The Morgan fingerprint density at radius 3 is 2.69 bits per heavy atom. The van der Waals surface area contributed by atoms with Crippen molar-refractivity contribution in [1.82, 2.24) is 9.80 Å². The third kappa shape index (κ3) is 4.11. The Morgan fingerprint density at radius 1 is 1.19 bits per heavy atom. The molecule has 1 fully saturated rings. The van der Waals surface area contributed by atoms with Crippen LogP contribution in [-0.2, 0) is 6.42 Å². The van der Waals surface area contributed by atoms with Gasteiger partial charge in [0.05, 0.1) is 17.8 Å². The van der Waals surface area contributed by atoms with Crippen molar-refractivity contribution in [2.75, 3.05) is 25.5 Å². The van der Waals surface area contributed by atoms with Crippen LogP contribution in [0.4, 0.5) is 5.69 Å². The van der Waals surface area contributed by atoms with Crippen LogP contribution in [0.15, 0.2) is 42.5 Å². The Bertz CT molecular complexity index is 1030. The number of likely N-dealkylation sites (tertiary alicyclic amines) is 1. The smallest absolute Gasteiger partial charge is 0.335 e. The predicted molar refractivity (Wildman–Crippen MR) is 126 cm³/mol. The summed E-state index contributed by atoms with van der Waals surface area (Å²) in [6.45, 7) is 8.50. The van der Waals surface area contributed by atoms with Gasteiger partial charge in [-0.05, 0) is 72.7 Å². The quantitative estimate of drug-likeness (QED) is 0.716. The summed E-state index contributed by atoms with van der Waals surface area (Å²) in [5, 5.41) is 12.9. The largest absolute Gasteiger partial charge is 0.478 e. The molecule has 0 bridgehead atoms. The van der Waals surface area contributed by atoms with E-state index in [1.54, 1.807) is 12.1 Å². The minimum atomic E-state index is -0.910. The van der Waals surface area contributed by atoms with Crippen molar-refractivity contribution in [3.8, 4) is 0 Å². The van der Waals surface area contributed by atoms with Crippen LogP contribution in [0, 0.1) is 5.41 Å². The second-order valence-electron chi connectivity index (χ2n) is 9.71. The van der Waals surface area contributed by atoms with E-state index < -0.39 is 5.97 Å². The lowest BCUT2D eigenvalue weighted by Gasteiger charge is -2.41. The van der Waals surface area contributed by atoms with Crippen molar-refractivity contribution >= 4 is 17.6 Å². The van der Waals surface area contributed by atoms with Gasteiger partial charge in [-0.2, -0.15) is 0 Å². The van der Waals surface area contributed by atoms with Crippen LogP contribution in [0.25, 0.3) is 0 Å². The standard InChI is InChI=1S/C26H33N3O3/c1-5-29-13-7-10-22(29)28(4)24(30)18-9-6-8-17(14-18)23-26(2,3)16-20-15-19(25(31)32)11-12-21(20)27-23/h6,8-9,11-12,14-15,22-23,27H,5,7,10,13,16H2,1-4H3,(H,31,32). The second-order valence-corrected chi connectivity index (χ2v) is 9.71. The number of carbonyl (C=O) groups is 2. The van der Waals surface area contributed by atoms with Crippen LogP contribution in [0.5, 0.6) is 0 Å². The van der Waals surface area contributed by atoms with Crippen LogP contribution in [0.2, 0.25) is 0 Å². The highest BCUT2D eigenvalue weighted by Crippen LogP contribution is 2.45. The van der Waals surface area contributed by atoms with Crippen molar-refractivity contribution < 1.29 is 14.7 Å². The lowest BCUT2D eigenvalue weighted by Crippen LogP contribution is -2.45. The molecule has 32 heavy (non-hydrogen) atoms. The predicted octanol–water partition coefficient (Wildman–Crippen LogP) is 4.63. The van der Waals surface area contributed by atoms with E-state index in [0.717, 1.165) is 49.2 Å². The SMILES string of the molecule is CCN1CCCC1N(C)C(=O)c1cccc(C2Nc3ccc(C(=O)O)cc3CC2(C)C)c1. The summed E-state index contributed by atoms with van der Waals surface area (Å²) in [7, 11) is 1.91. The van der Waals surface area contributed by atoms with Crippen molar-refractivity contribution in [3.63, 3.8) is 0 Å². The van der Waals surface area contributed by atoms with Gasteiger partial charge in [-0.3, -0.25) is 9.69 Å². The lowest BCUT2D eigenvalue weighted by molar-refractivity contribution is 0.0547. The number of amides is 1. The molecule has 6 heteroatoms. The van der Waals surface area contributed by atoms with E-state index in [1.165, 1.54) is 0 Å². The first-order valence-corrected chi connectivity index (χ1v) is 11.4. The maximum absolute atomic E-state index is 13.3. The number of nitrogens with zero attached hydrogens (tertiary/aromatic N) is 2. The van der Waals surface area contributed by atoms with Gasteiger partial charge in [0.1, 0.15) is 0 Å². The summed E-state index contributed by atoms with van der Waals surface area (Å²) >= 11 is 0. The first kappa shape index (κ1) is 22.3. The molecule has 2 unspecified atom stereocenters. The summed E-state index contributed by atoms with van der Waals surface area (Å²) in [6.07, 6.45) is 3.06. The molecule has 2 aromatic carbocycles. The van der Waals surface area contributed by atoms with Gasteiger partial charge in [0.2, 0.25) is 0 Å². The molecule has 2 heterocycles. The number of anilines is 1. The van der Waals surface area contributed by atoms with Crippen molar-refractivity contribution in [2.24, 2.45) is 5.41 Å². The first-order valence-electron chi connectivity index (χ1n) is 11.4. The zero-order valence-electron chi connectivity index (χ0n) is 19.4. The van der Waals surface area contributed by atoms with E-state index in [-0.39, 0.29) is 23.5 Å². The molecule has 0 spiro atoms. The number of rotatable bonds is 5. The molecule has 0 radical (unpaired) electrons. The van der Waals surface area contributed by atoms with Gasteiger partial charge in [-0.1, -0.05) is 32.9 Å². The van der Waals surface area contributed by atoms with Gasteiger partial charge < -0.3 is 15.3 Å². The molecule has 4 rings (SSSR count). The summed E-state index contributed by atoms with van der Waals surface area (Å²) < 4.78 is 0. The number of hydrogen-bond donors (Lipinski definition) is 2. The number of aromatic carboxylic acids is 1. The molecule has 0 aliphatic carbocycles. The molecule has 2 aromatic rings. The molecule has 2 atom stereocenters. The average Bonchev–Trinajstić information content (AvgIpc) is 3.25.